The minimum absolute atomic E-state index is 0.249. The van der Waals surface area contributed by atoms with Gasteiger partial charge in [-0.3, -0.25) is 0 Å². The van der Waals surface area contributed by atoms with E-state index in [1.54, 1.807) is 11.3 Å². The average molecular weight is 512 g/mol. The number of carbonyl (C=O) groups is 2. The first-order valence-corrected chi connectivity index (χ1v) is 12.7. The van der Waals surface area contributed by atoms with E-state index in [4.69, 9.17) is 19.9 Å². The monoisotopic (exact) mass is 511 g/mol. The predicted molar refractivity (Wildman–Crippen MR) is 143 cm³/mol. The summed E-state index contributed by atoms with van der Waals surface area (Å²) >= 11 is 1.80. The van der Waals surface area contributed by atoms with Crippen LogP contribution < -0.4 is 4.90 Å². The number of para-hydroxylation sites is 1. The fraction of sp³-hybridized carbons (Fsp3) is 0.370. The van der Waals surface area contributed by atoms with Crippen LogP contribution in [0.2, 0.25) is 0 Å². The Hall–Kier alpha value is -3.27. The molecule has 1 atom stereocenters. The molecule has 192 valence electrons. The highest BCUT2D eigenvalue weighted by atomic mass is 32.1. The Morgan fingerprint density at radius 3 is 2.31 bits per heavy atom. The first-order valence-electron chi connectivity index (χ1n) is 11.9. The van der Waals surface area contributed by atoms with Crippen molar-refractivity contribution in [1.82, 2.24) is 9.88 Å². The lowest BCUT2D eigenvalue weighted by molar-refractivity contribution is -0.134. The molecule has 8 nitrogen and oxygen atoms in total. The highest BCUT2D eigenvalue weighted by Crippen LogP contribution is 2.30. The van der Waals surface area contributed by atoms with Gasteiger partial charge in [-0.1, -0.05) is 53.8 Å². The van der Waals surface area contributed by atoms with E-state index in [1.165, 1.54) is 23.1 Å². The first kappa shape index (κ1) is 27.3. The van der Waals surface area contributed by atoms with E-state index < -0.39 is 11.9 Å². The molecule has 36 heavy (non-hydrogen) atoms. The summed E-state index contributed by atoms with van der Waals surface area (Å²) in [5, 5.41) is 16.8. The van der Waals surface area contributed by atoms with E-state index in [2.05, 4.69) is 72.3 Å². The van der Waals surface area contributed by atoms with Crippen LogP contribution in [0.15, 0.2) is 66.7 Å². The number of likely N-dealkylation sites (tertiary alicyclic amines) is 1. The number of thiazole rings is 1. The molecule has 0 amide bonds. The maximum absolute atomic E-state index is 9.55. The van der Waals surface area contributed by atoms with Gasteiger partial charge in [0.15, 0.2) is 5.13 Å². The van der Waals surface area contributed by atoms with Crippen LogP contribution in [-0.2, 0) is 20.9 Å². The van der Waals surface area contributed by atoms with E-state index in [0.717, 1.165) is 30.3 Å². The van der Waals surface area contributed by atoms with Crippen LogP contribution in [0.4, 0.5) is 5.13 Å². The number of hydrogen-bond acceptors (Lipinski definition) is 7. The standard InChI is InChI=1S/C23H29N3OS.C4H4O4/c1-18(27-17-19-8-4-3-5-9-19)16-26-14-12-20(13-15-26)25(2)23-24-21-10-6-7-11-22(21)28-23;5-3(6)1-2-4(7)8/h3-11,18,20H,12-17H2,1-2H3;1-2H,(H,5,6)(H,7,8)/b;2-1-. The average Bonchev–Trinajstić information content (AvgIpc) is 3.32. The van der Waals surface area contributed by atoms with Crippen LogP contribution >= 0.6 is 11.3 Å². The third-order valence-corrected chi connectivity index (χ3v) is 7.08. The second-order valence-corrected chi connectivity index (χ2v) is 9.73. The number of aromatic nitrogens is 1. The summed E-state index contributed by atoms with van der Waals surface area (Å²) < 4.78 is 7.32. The summed E-state index contributed by atoms with van der Waals surface area (Å²) in [4.78, 5) is 28.9. The fourth-order valence-electron chi connectivity index (χ4n) is 4.03. The molecule has 4 rings (SSSR count). The van der Waals surface area contributed by atoms with Crippen molar-refractivity contribution in [3.8, 4) is 0 Å². The van der Waals surface area contributed by atoms with E-state index in [1.807, 2.05) is 6.07 Å². The van der Waals surface area contributed by atoms with Gasteiger partial charge in [-0.25, -0.2) is 14.6 Å². The third kappa shape index (κ3) is 8.75. The third-order valence-electron chi connectivity index (χ3n) is 5.95. The number of piperidine rings is 1. The minimum atomic E-state index is -1.26. The molecule has 9 heteroatoms. The molecular formula is C27H33N3O5S. The van der Waals surface area contributed by atoms with Crippen molar-refractivity contribution in [2.24, 2.45) is 0 Å². The first-order chi connectivity index (χ1) is 17.3. The molecule has 0 aliphatic carbocycles. The summed E-state index contributed by atoms with van der Waals surface area (Å²) in [6, 6.07) is 19.4. The van der Waals surface area contributed by atoms with Gasteiger partial charge in [0.2, 0.25) is 0 Å². The number of rotatable bonds is 9. The van der Waals surface area contributed by atoms with Crippen molar-refractivity contribution in [2.75, 3.05) is 31.6 Å². The van der Waals surface area contributed by atoms with Crippen LogP contribution in [0.1, 0.15) is 25.3 Å². The van der Waals surface area contributed by atoms with Gasteiger partial charge in [0.05, 0.1) is 22.9 Å². The van der Waals surface area contributed by atoms with Crippen molar-refractivity contribution >= 4 is 38.6 Å². The number of benzene rings is 2. The largest absolute Gasteiger partial charge is 0.478 e. The molecule has 2 aromatic carbocycles. The molecule has 0 radical (unpaired) electrons. The fourth-order valence-corrected chi connectivity index (χ4v) is 5.03. The molecule has 0 saturated carbocycles. The molecule has 2 N–H and O–H groups in total. The highest BCUT2D eigenvalue weighted by Gasteiger charge is 2.25. The van der Waals surface area contributed by atoms with Gasteiger partial charge >= 0.3 is 11.9 Å². The normalized spacial score (nSPS) is 15.4. The van der Waals surface area contributed by atoms with Crippen LogP contribution in [-0.4, -0.2) is 70.9 Å². The van der Waals surface area contributed by atoms with Crippen molar-refractivity contribution in [3.05, 3.63) is 72.3 Å². The number of hydrogen-bond donors (Lipinski definition) is 2. The maximum atomic E-state index is 9.55. The topological polar surface area (TPSA) is 103 Å². The SMILES string of the molecule is CC(CN1CCC(N(C)c2nc3ccccc3s2)CC1)OCc1ccccc1.O=C(O)/C=C\C(=O)O. The van der Waals surface area contributed by atoms with Crippen LogP contribution in [0.25, 0.3) is 10.2 Å². The molecule has 1 aromatic heterocycles. The summed E-state index contributed by atoms with van der Waals surface area (Å²) in [6.45, 7) is 6.13. The number of fused-ring (bicyclic) bond motifs is 1. The number of anilines is 1. The summed E-state index contributed by atoms with van der Waals surface area (Å²) in [6.07, 6.45) is 3.72. The number of carboxylic acids is 2. The molecule has 3 aromatic rings. The minimum Gasteiger partial charge on any atom is -0.478 e. The Morgan fingerprint density at radius 2 is 1.69 bits per heavy atom. The predicted octanol–water partition coefficient (Wildman–Crippen LogP) is 4.51. The van der Waals surface area contributed by atoms with Gasteiger partial charge in [0.1, 0.15) is 0 Å². The second-order valence-electron chi connectivity index (χ2n) is 8.72. The van der Waals surface area contributed by atoms with Crippen LogP contribution in [0.5, 0.6) is 0 Å². The van der Waals surface area contributed by atoms with Crippen LogP contribution in [0, 0.1) is 0 Å². The van der Waals surface area contributed by atoms with Crippen molar-refractivity contribution < 1.29 is 24.5 Å². The summed E-state index contributed by atoms with van der Waals surface area (Å²) in [5.74, 6) is -2.51. The quantitative estimate of drug-likeness (QED) is 0.405. The van der Waals surface area contributed by atoms with Gasteiger partial charge < -0.3 is 24.7 Å². The lowest BCUT2D eigenvalue weighted by Gasteiger charge is -2.37. The highest BCUT2D eigenvalue weighted by molar-refractivity contribution is 7.22. The van der Waals surface area contributed by atoms with Gasteiger partial charge in [-0.15, -0.1) is 0 Å². The van der Waals surface area contributed by atoms with Gasteiger partial charge in [0, 0.05) is 44.9 Å². The van der Waals surface area contributed by atoms with Crippen molar-refractivity contribution in [3.63, 3.8) is 0 Å². The zero-order valence-corrected chi connectivity index (χ0v) is 21.4. The molecule has 0 spiro atoms. The Kier molecular flexibility index (Phi) is 10.4. The lowest BCUT2D eigenvalue weighted by Crippen LogP contribution is -2.45. The Labute approximate surface area is 215 Å². The zero-order valence-electron chi connectivity index (χ0n) is 20.6. The molecule has 1 saturated heterocycles. The molecule has 1 unspecified atom stereocenters. The van der Waals surface area contributed by atoms with Gasteiger partial charge in [-0.2, -0.15) is 0 Å². The van der Waals surface area contributed by atoms with Crippen molar-refractivity contribution in [2.45, 2.75) is 38.5 Å². The van der Waals surface area contributed by atoms with Crippen LogP contribution in [0.3, 0.4) is 0 Å². The van der Waals surface area contributed by atoms with E-state index in [0.29, 0.717) is 24.8 Å². The van der Waals surface area contributed by atoms with E-state index in [-0.39, 0.29) is 6.10 Å². The molecular weight excluding hydrogens is 478 g/mol. The van der Waals surface area contributed by atoms with Gasteiger partial charge in [-0.05, 0) is 37.5 Å². The molecule has 1 fully saturated rings. The maximum Gasteiger partial charge on any atom is 0.328 e. The van der Waals surface area contributed by atoms with E-state index in [9.17, 15) is 9.59 Å². The molecule has 1 aliphatic rings. The van der Waals surface area contributed by atoms with E-state index >= 15 is 0 Å². The zero-order chi connectivity index (χ0) is 25.9. The number of carboxylic acid groups (broad SMARTS) is 2. The molecule has 2 heterocycles. The summed E-state index contributed by atoms with van der Waals surface area (Å²) in [7, 11) is 2.20. The van der Waals surface area contributed by atoms with Gasteiger partial charge in [0.25, 0.3) is 0 Å². The number of aliphatic carboxylic acids is 2. The number of nitrogens with zero attached hydrogens (tertiary/aromatic N) is 3. The summed E-state index contributed by atoms with van der Waals surface area (Å²) in [5.41, 5.74) is 2.35. The number of ether oxygens (including phenoxy) is 1. The molecule has 0 bridgehead atoms. The lowest BCUT2D eigenvalue weighted by atomic mass is 10.0. The Morgan fingerprint density at radius 1 is 1.08 bits per heavy atom. The Bertz CT molecular complexity index is 1090. The van der Waals surface area contributed by atoms with Crippen molar-refractivity contribution in [1.29, 1.82) is 0 Å². The Balaban J connectivity index is 0.000000392. The molecule has 1 aliphatic heterocycles. The smallest absolute Gasteiger partial charge is 0.328 e. The second kappa shape index (κ2) is 13.7.